The topological polar surface area (TPSA) is 169 Å². The van der Waals surface area contributed by atoms with Gasteiger partial charge in [0, 0.05) is 87.1 Å². The zero-order valence-electron chi connectivity index (χ0n) is 34.0. The number of halogens is 2. The highest BCUT2D eigenvalue weighted by Crippen LogP contribution is 2.25. The van der Waals surface area contributed by atoms with Gasteiger partial charge in [-0.1, -0.05) is 47.5 Å². The third-order valence-corrected chi connectivity index (χ3v) is 9.95. The lowest BCUT2D eigenvalue weighted by molar-refractivity contribution is -0.158. The lowest BCUT2D eigenvalue weighted by atomic mass is 10.1. The number of rotatable bonds is 15. The Labute approximate surface area is 362 Å². The van der Waals surface area contributed by atoms with Crippen LogP contribution in [0.25, 0.3) is 0 Å². The second kappa shape index (κ2) is 19.9. The number of amides is 2. The van der Waals surface area contributed by atoms with Gasteiger partial charge >= 0.3 is 11.9 Å². The van der Waals surface area contributed by atoms with Gasteiger partial charge in [-0.2, -0.15) is 0 Å². The first-order valence-electron chi connectivity index (χ1n) is 18.9. The molecule has 2 heterocycles. The zero-order chi connectivity index (χ0) is 43.6. The van der Waals surface area contributed by atoms with Crippen molar-refractivity contribution in [3.8, 4) is 5.75 Å². The minimum atomic E-state index is -0.754. The fraction of sp³-hybridized carbons (Fsp3) is 0.200. The van der Waals surface area contributed by atoms with E-state index in [4.69, 9.17) is 32.7 Å². The van der Waals surface area contributed by atoms with Crippen LogP contribution in [0.3, 0.4) is 0 Å². The summed E-state index contributed by atoms with van der Waals surface area (Å²) in [4.78, 5) is 73.2. The molecular formula is C45H42Cl2N8O6. The van der Waals surface area contributed by atoms with Gasteiger partial charge in [-0.25, -0.2) is 19.9 Å². The average Bonchev–Trinajstić information content (AvgIpc) is 3.24. The van der Waals surface area contributed by atoms with Gasteiger partial charge < -0.3 is 29.9 Å². The predicted molar refractivity (Wildman–Crippen MR) is 235 cm³/mol. The van der Waals surface area contributed by atoms with Crippen LogP contribution in [0.4, 0.5) is 23.0 Å². The van der Waals surface area contributed by atoms with Crippen molar-refractivity contribution in [2.24, 2.45) is 0 Å². The number of ether oxygens (including phenoxy) is 2. The summed E-state index contributed by atoms with van der Waals surface area (Å²) in [5, 5.41) is 6.37. The van der Waals surface area contributed by atoms with Crippen LogP contribution in [0.5, 0.6) is 5.75 Å². The average molecular weight is 862 g/mol. The van der Waals surface area contributed by atoms with Crippen molar-refractivity contribution in [1.29, 1.82) is 0 Å². The fourth-order valence-electron chi connectivity index (χ4n) is 6.13. The highest BCUT2D eigenvalue weighted by Gasteiger charge is 2.20. The monoisotopic (exact) mass is 860 g/mol. The maximum Gasteiger partial charge on any atom is 0.318 e. The van der Waals surface area contributed by atoms with Crippen LogP contribution in [0.15, 0.2) is 103 Å². The van der Waals surface area contributed by atoms with E-state index >= 15 is 0 Å². The second-order valence-electron chi connectivity index (χ2n) is 14.3. The van der Waals surface area contributed by atoms with Crippen molar-refractivity contribution in [3.63, 3.8) is 0 Å². The number of carbonyl (C=O) groups excluding carboxylic acids is 4. The normalized spacial score (nSPS) is 10.7. The van der Waals surface area contributed by atoms with Crippen molar-refractivity contribution in [1.82, 2.24) is 19.9 Å². The van der Waals surface area contributed by atoms with Crippen LogP contribution in [0.2, 0.25) is 10.0 Å². The molecule has 0 unspecified atom stereocenters. The smallest absolute Gasteiger partial charge is 0.318 e. The number of nitrogens with zero attached hydrogens (tertiary/aromatic N) is 6. The number of carbonyl (C=O) groups is 4. The summed E-state index contributed by atoms with van der Waals surface area (Å²) < 4.78 is 10.4. The van der Waals surface area contributed by atoms with E-state index < -0.39 is 11.9 Å². The first-order valence-corrected chi connectivity index (χ1v) is 19.7. The molecule has 2 aromatic heterocycles. The maximum atomic E-state index is 13.0. The number of anilines is 4. The van der Waals surface area contributed by atoms with Crippen LogP contribution in [0.1, 0.15) is 54.6 Å². The number of aromatic nitrogens is 4. The summed E-state index contributed by atoms with van der Waals surface area (Å²) >= 11 is 12.0. The van der Waals surface area contributed by atoms with E-state index in [-0.39, 0.29) is 24.7 Å². The Balaban J connectivity index is 1.02. The number of methoxy groups -OCH3 is 1. The Morgan fingerprint density at radius 3 is 1.46 bits per heavy atom. The molecule has 0 aliphatic carbocycles. The van der Waals surface area contributed by atoms with Crippen LogP contribution >= 0.6 is 23.2 Å². The quantitative estimate of drug-likeness (QED) is 0.0785. The third-order valence-electron chi connectivity index (χ3n) is 9.21. The molecule has 2 amide bonds. The number of hydrogen-bond acceptors (Lipinski definition) is 12. The molecule has 0 bridgehead atoms. The Hall–Kier alpha value is -6.90. The minimum absolute atomic E-state index is 0.226. The fourth-order valence-corrected chi connectivity index (χ4v) is 6.43. The largest absolute Gasteiger partial charge is 0.497 e. The zero-order valence-corrected chi connectivity index (χ0v) is 35.5. The standard InChI is InChI=1S/C45H42Cl2N8O6/c1-54(2)42-31(25-48-38(52-42)20-27-6-13-33(14-7-27)50-44(58)29-10-17-35(60-5)18-11-29)23-40(56)61-41(57)24-32-26-49-39(53-43(32)55(3)4)21-28-8-15-34(16-9-28)51-45(59)30-12-19-36(46)37(47)22-30/h6-19,22,25-26H,20-21,23-24H2,1-5H3,(H,50,58)(H,51,59). The molecule has 14 nitrogen and oxygen atoms in total. The SMILES string of the molecule is COc1ccc(C(=O)Nc2ccc(Cc3ncc(CC(=O)OC(=O)Cc4cnc(Cc5ccc(NC(=O)c6ccc(Cl)c(Cl)c6)cc5)nc4N(C)C)c(N(C)C)n3)cc2)cc1. The van der Waals surface area contributed by atoms with Gasteiger partial charge in [0.25, 0.3) is 11.8 Å². The summed E-state index contributed by atoms with van der Waals surface area (Å²) in [5.41, 5.74) is 4.90. The molecule has 0 atom stereocenters. The maximum absolute atomic E-state index is 13.0. The van der Waals surface area contributed by atoms with E-state index in [0.717, 1.165) is 11.1 Å². The first kappa shape index (κ1) is 43.7. The van der Waals surface area contributed by atoms with Crippen molar-refractivity contribution in [2.45, 2.75) is 25.7 Å². The molecule has 2 N–H and O–H groups in total. The lowest BCUT2D eigenvalue weighted by Gasteiger charge is -2.17. The Morgan fingerprint density at radius 2 is 1.03 bits per heavy atom. The summed E-state index contributed by atoms with van der Waals surface area (Å²) in [7, 11) is 8.76. The van der Waals surface area contributed by atoms with E-state index in [0.29, 0.717) is 85.5 Å². The predicted octanol–water partition coefficient (Wildman–Crippen LogP) is 7.26. The van der Waals surface area contributed by atoms with E-state index in [2.05, 4.69) is 30.6 Å². The Morgan fingerprint density at radius 1 is 0.590 bits per heavy atom. The van der Waals surface area contributed by atoms with Crippen LogP contribution in [-0.4, -0.2) is 79.0 Å². The van der Waals surface area contributed by atoms with Gasteiger partial charge in [-0.15, -0.1) is 0 Å². The summed E-state index contributed by atoms with van der Waals surface area (Å²) in [6.07, 6.45) is 3.45. The Bertz CT molecular complexity index is 2550. The highest BCUT2D eigenvalue weighted by molar-refractivity contribution is 6.42. The molecule has 0 saturated heterocycles. The Kier molecular flexibility index (Phi) is 14.2. The van der Waals surface area contributed by atoms with E-state index in [1.807, 2.05) is 24.3 Å². The molecule has 0 saturated carbocycles. The van der Waals surface area contributed by atoms with E-state index in [9.17, 15) is 19.2 Å². The molecule has 6 aromatic rings. The van der Waals surface area contributed by atoms with Gasteiger partial charge in [0.2, 0.25) is 0 Å². The summed E-state index contributed by atoms with van der Waals surface area (Å²) in [6, 6.07) is 26.1. The van der Waals surface area contributed by atoms with Gasteiger partial charge in [-0.3, -0.25) is 19.2 Å². The lowest BCUT2D eigenvalue weighted by Crippen LogP contribution is -2.21. The van der Waals surface area contributed by atoms with Crippen LogP contribution < -0.4 is 25.2 Å². The van der Waals surface area contributed by atoms with Crippen molar-refractivity contribution < 1.29 is 28.7 Å². The highest BCUT2D eigenvalue weighted by atomic mass is 35.5. The molecule has 312 valence electrons. The molecule has 61 heavy (non-hydrogen) atoms. The molecular weight excluding hydrogens is 819 g/mol. The van der Waals surface area contributed by atoms with E-state index in [1.165, 1.54) is 6.07 Å². The number of hydrogen-bond donors (Lipinski definition) is 2. The van der Waals surface area contributed by atoms with Gasteiger partial charge in [0.1, 0.15) is 29.0 Å². The van der Waals surface area contributed by atoms with Crippen molar-refractivity contribution >= 4 is 70.0 Å². The molecule has 0 radical (unpaired) electrons. The third kappa shape index (κ3) is 11.9. The molecule has 0 fully saturated rings. The first-order chi connectivity index (χ1) is 29.2. The second-order valence-corrected chi connectivity index (χ2v) is 15.1. The van der Waals surface area contributed by atoms with Gasteiger partial charge in [-0.05, 0) is 77.9 Å². The van der Waals surface area contributed by atoms with E-state index in [1.54, 1.807) is 118 Å². The van der Waals surface area contributed by atoms with Crippen LogP contribution in [0, 0.1) is 0 Å². The number of esters is 2. The number of benzene rings is 4. The summed E-state index contributed by atoms with van der Waals surface area (Å²) in [6.45, 7) is 0. The number of nitrogens with one attached hydrogen (secondary N) is 2. The van der Waals surface area contributed by atoms with Gasteiger partial charge in [0.05, 0.1) is 30.0 Å². The van der Waals surface area contributed by atoms with Crippen molar-refractivity contribution in [3.05, 3.63) is 158 Å². The molecule has 0 aliphatic rings. The summed E-state index contributed by atoms with van der Waals surface area (Å²) in [5.74, 6) is 0.646. The van der Waals surface area contributed by atoms with Crippen molar-refractivity contribution in [2.75, 3.05) is 55.7 Å². The van der Waals surface area contributed by atoms with Gasteiger partial charge in [0.15, 0.2) is 0 Å². The van der Waals surface area contributed by atoms with Crippen LogP contribution in [-0.2, 0) is 40.0 Å². The molecule has 0 spiro atoms. The molecule has 6 rings (SSSR count). The minimum Gasteiger partial charge on any atom is -0.497 e. The molecule has 0 aliphatic heterocycles. The molecule has 16 heteroatoms. The molecule has 4 aromatic carbocycles.